The molecule has 0 radical (unpaired) electrons. The number of hydrogen-bond donors (Lipinski definition) is 2. The topological polar surface area (TPSA) is 105 Å². The van der Waals surface area contributed by atoms with E-state index in [1.165, 1.54) is 19.1 Å². The zero-order chi connectivity index (χ0) is 21.1. The third-order valence-electron chi connectivity index (χ3n) is 4.86. The highest BCUT2D eigenvalue weighted by Gasteiger charge is 2.49. The number of nitrogens with zero attached hydrogens (tertiary/aromatic N) is 1. The van der Waals surface area contributed by atoms with Crippen molar-refractivity contribution in [2.75, 3.05) is 11.9 Å². The number of benzene rings is 1. The van der Waals surface area contributed by atoms with E-state index in [-0.39, 0.29) is 5.69 Å². The number of anilines is 1. The number of hydrogen-bond acceptors (Lipinski definition) is 5. The first-order chi connectivity index (χ1) is 13.1. The van der Waals surface area contributed by atoms with Gasteiger partial charge in [0.15, 0.2) is 6.10 Å². The van der Waals surface area contributed by atoms with Gasteiger partial charge in [0, 0.05) is 5.69 Å². The van der Waals surface area contributed by atoms with Crippen molar-refractivity contribution in [3.63, 3.8) is 0 Å². The average molecular weight is 393 g/mol. The van der Waals surface area contributed by atoms with Gasteiger partial charge in [-0.3, -0.25) is 19.3 Å². The molecule has 152 valence electrons. The van der Waals surface area contributed by atoms with Gasteiger partial charge in [0.2, 0.25) is 0 Å². The van der Waals surface area contributed by atoms with Gasteiger partial charge in [0.05, 0.1) is 0 Å². The van der Waals surface area contributed by atoms with Crippen molar-refractivity contribution in [1.29, 1.82) is 0 Å². The normalized spacial score (nSPS) is 16.5. The van der Waals surface area contributed by atoms with E-state index in [2.05, 4.69) is 10.6 Å². The summed E-state index contributed by atoms with van der Waals surface area (Å²) < 4.78 is 18.6. The Kier molecular flexibility index (Phi) is 6.37. The van der Waals surface area contributed by atoms with E-state index in [1.54, 1.807) is 20.8 Å². The molecule has 1 aliphatic rings. The maximum Gasteiger partial charge on any atom is 0.327 e. The van der Waals surface area contributed by atoms with Crippen LogP contribution in [0.1, 0.15) is 39.2 Å². The van der Waals surface area contributed by atoms with Crippen LogP contribution in [0, 0.1) is 12.7 Å². The minimum absolute atomic E-state index is 0.223. The number of amides is 4. The first kappa shape index (κ1) is 21.3. The van der Waals surface area contributed by atoms with Crippen molar-refractivity contribution >= 4 is 29.5 Å². The summed E-state index contributed by atoms with van der Waals surface area (Å²) >= 11 is 0. The quantitative estimate of drug-likeness (QED) is 0.545. The molecule has 1 aliphatic heterocycles. The summed E-state index contributed by atoms with van der Waals surface area (Å²) in [5.41, 5.74) is -0.363. The molecule has 0 aromatic heterocycles. The van der Waals surface area contributed by atoms with Crippen molar-refractivity contribution in [1.82, 2.24) is 10.2 Å². The highest BCUT2D eigenvalue weighted by Crippen LogP contribution is 2.24. The van der Waals surface area contributed by atoms with Gasteiger partial charge in [-0.1, -0.05) is 19.9 Å². The van der Waals surface area contributed by atoms with E-state index in [9.17, 15) is 23.6 Å². The van der Waals surface area contributed by atoms with Gasteiger partial charge in [0.25, 0.3) is 11.8 Å². The Bertz CT molecular complexity index is 807. The Morgan fingerprint density at radius 3 is 2.46 bits per heavy atom. The molecule has 0 bridgehead atoms. The van der Waals surface area contributed by atoms with Crippen molar-refractivity contribution in [3.8, 4) is 0 Å². The van der Waals surface area contributed by atoms with E-state index in [0.29, 0.717) is 18.4 Å². The minimum Gasteiger partial charge on any atom is -0.451 e. The minimum atomic E-state index is -1.19. The van der Waals surface area contributed by atoms with Gasteiger partial charge in [-0.15, -0.1) is 0 Å². The fraction of sp³-hybridized carbons (Fsp3) is 0.474. The number of esters is 1. The van der Waals surface area contributed by atoms with E-state index in [4.69, 9.17) is 4.74 Å². The summed E-state index contributed by atoms with van der Waals surface area (Å²) in [7, 11) is 0. The zero-order valence-corrected chi connectivity index (χ0v) is 16.3. The molecule has 2 rings (SSSR count). The largest absolute Gasteiger partial charge is 0.451 e. The lowest BCUT2D eigenvalue weighted by Crippen LogP contribution is -2.46. The number of halogens is 1. The fourth-order valence-corrected chi connectivity index (χ4v) is 2.88. The molecule has 0 unspecified atom stereocenters. The molecule has 9 heteroatoms. The zero-order valence-electron chi connectivity index (χ0n) is 16.3. The molecule has 4 amide bonds. The average Bonchev–Trinajstić information content (AvgIpc) is 2.89. The monoisotopic (exact) mass is 393 g/mol. The second-order valence-electron chi connectivity index (χ2n) is 6.70. The maximum absolute atomic E-state index is 13.6. The molecule has 0 spiro atoms. The number of urea groups is 1. The van der Waals surface area contributed by atoms with Crippen LogP contribution in [0.25, 0.3) is 0 Å². The Morgan fingerprint density at radius 2 is 1.93 bits per heavy atom. The molecule has 1 heterocycles. The lowest BCUT2D eigenvalue weighted by molar-refractivity contribution is -0.155. The SMILES string of the molecule is CCC1(CC)NC(=O)N(CC(=O)O[C@H](C)C(=O)Nc2ccc(C)c(F)c2)C1=O. The lowest BCUT2D eigenvalue weighted by atomic mass is 9.93. The number of aryl methyl sites for hydroxylation is 1. The highest BCUT2D eigenvalue weighted by molar-refractivity contribution is 6.08. The highest BCUT2D eigenvalue weighted by atomic mass is 19.1. The van der Waals surface area contributed by atoms with Crippen LogP contribution in [0.3, 0.4) is 0 Å². The Morgan fingerprint density at radius 1 is 1.29 bits per heavy atom. The first-order valence-corrected chi connectivity index (χ1v) is 9.04. The van der Waals surface area contributed by atoms with Gasteiger partial charge < -0.3 is 15.4 Å². The third kappa shape index (κ3) is 4.29. The van der Waals surface area contributed by atoms with Crippen LogP contribution in [0.15, 0.2) is 18.2 Å². The molecule has 0 saturated carbocycles. The van der Waals surface area contributed by atoms with Crippen LogP contribution in [0.5, 0.6) is 0 Å². The third-order valence-corrected chi connectivity index (χ3v) is 4.86. The second-order valence-corrected chi connectivity index (χ2v) is 6.70. The summed E-state index contributed by atoms with van der Waals surface area (Å²) in [6, 6.07) is 3.52. The number of imide groups is 1. The van der Waals surface area contributed by atoms with E-state index in [1.807, 2.05) is 0 Å². The molecule has 1 saturated heterocycles. The number of carbonyl (C=O) groups excluding carboxylic acids is 4. The van der Waals surface area contributed by atoms with Crippen LogP contribution in [-0.4, -0.2) is 46.9 Å². The summed E-state index contributed by atoms with van der Waals surface area (Å²) in [5.74, 6) is -2.53. The van der Waals surface area contributed by atoms with Crippen molar-refractivity contribution < 1.29 is 28.3 Å². The Hall–Kier alpha value is -2.97. The van der Waals surface area contributed by atoms with Crippen LogP contribution in [0.4, 0.5) is 14.9 Å². The van der Waals surface area contributed by atoms with Gasteiger partial charge in [-0.25, -0.2) is 9.18 Å². The molecule has 1 atom stereocenters. The standard InChI is InChI=1S/C19H24FN3O5/c1-5-19(6-2)17(26)23(18(27)22-19)10-15(24)28-12(4)16(25)21-13-8-7-11(3)14(20)9-13/h7-9,12H,5-6,10H2,1-4H3,(H,21,25)(H,22,27)/t12-/m1/s1. The second kappa shape index (κ2) is 8.37. The summed E-state index contributed by atoms with van der Waals surface area (Å²) in [4.78, 5) is 49.6. The van der Waals surface area contributed by atoms with Crippen molar-refractivity contribution in [2.45, 2.75) is 52.2 Å². The van der Waals surface area contributed by atoms with E-state index < -0.39 is 47.8 Å². The van der Waals surface area contributed by atoms with E-state index >= 15 is 0 Å². The van der Waals surface area contributed by atoms with Crippen LogP contribution >= 0.6 is 0 Å². The van der Waals surface area contributed by atoms with Crippen molar-refractivity contribution in [3.05, 3.63) is 29.6 Å². The predicted molar refractivity (Wildman–Crippen MR) is 98.9 cm³/mol. The number of nitrogens with one attached hydrogen (secondary N) is 2. The molecule has 1 fully saturated rings. The van der Waals surface area contributed by atoms with Crippen LogP contribution < -0.4 is 10.6 Å². The molecular weight excluding hydrogens is 369 g/mol. The lowest BCUT2D eigenvalue weighted by Gasteiger charge is -2.23. The number of rotatable bonds is 7. The molecule has 2 N–H and O–H groups in total. The van der Waals surface area contributed by atoms with Crippen LogP contribution in [0.2, 0.25) is 0 Å². The summed E-state index contributed by atoms with van der Waals surface area (Å²) in [5, 5.41) is 5.05. The van der Waals surface area contributed by atoms with Gasteiger partial charge in [-0.2, -0.15) is 0 Å². The predicted octanol–water partition coefficient (Wildman–Crippen LogP) is 2.11. The molecular formula is C19H24FN3O5. The molecule has 0 aliphatic carbocycles. The molecule has 1 aromatic carbocycles. The fourth-order valence-electron chi connectivity index (χ4n) is 2.88. The summed E-state index contributed by atoms with van der Waals surface area (Å²) in [6.45, 7) is 5.87. The van der Waals surface area contributed by atoms with Crippen molar-refractivity contribution in [2.24, 2.45) is 0 Å². The number of carbonyl (C=O) groups is 4. The number of ether oxygens (including phenoxy) is 1. The van der Waals surface area contributed by atoms with E-state index in [0.717, 1.165) is 11.0 Å². The Labute approximate surface area is 162 Å². The Balaban J connectivity index is 1.95. The van der Waals surface area contributed by atoms with Gasteiger partial charge in [-0.05, 0) is 44.4 Å². The summed E-state index contributed by atoms with van der Waals surface area (Å²) in [6.07, 6.45) is -0.406. The smallest absolute Gasteiger partial charge is 0.327 e. The van der Waals surface area contributed by atoms with Crippen LogP contribution in [-0.2, 0) is 19.1 Å². The first-order valence-electron chi connectivity index (χ1n) is 9.04. The van der Waals surface area contributed by atoms with Gasteiger partial charge in [0.1, 0.15) is 17.9 Å². The molecule has 8 nitrogen and oxygen atoms in total. The maximum atomic E-state index is 13.6. The van der Waals surface area contributed by atoms with Gasteiger partial charge >= 0.3 is 12.0 Å². The molecule has 28 heavy (non-hydrogen) atoms. The molecule has 1 aromatic rings.